The van der Waals surface area contributed by atoms with E-state index >= 15 is 0 Å². The topological polar surface area (TPSA) is 32.3 Å². The van der Waals surface area contributed by atoms with E-state index in [-0.39, 0.29) is 18.1 Å². The van der Waals surface area contributed by atoms with Crippen LogP contribution in [0.3, 0.4) is 0 Å². The standard InChI is InChI=1S/C16H26N2OS/c1-5-7-9-12(3)18-14(13-10-8-11-20-13)17-16(4,6-2)15(18)19/h8,10-12,14,17H,5-7,9H2,1-4H3. The fraction of sp³-hybridized carbons (Fsp3) is 0.688. The number of hydrogen-bond donors (Lipinski definition) is 1. The molecule has 2 heterocycles. The summed E-state index contributed by atoms with van der Waals surface area (Å²) in [4.78, 5) is 16.1. The molecule has 1 aliphatic rings. The zero-order chi connectivity index (χ0) is 14.8. The van der Waals surface area contributed by atoms with Gasteiger partial charge in [0.15, 0.2) is 0 Å². The maximum absolute atomic E-state index is 12.8. The second-order valence-electron chi connectivity index (χ2n) is 5.95. The third-order valence-corrected chi connectivity index (χ3v) is 5.33. The van der Waals surface area contributed by atoms with Crippen molar-refractivity contribution < 1.29 is 4.79 Å². The molecule has 3 unspecified atom stereocenters. The predicted molar refractivity (Wildman–Crippen MR) is 84.7 cm³/mol. The molecule has 0 saturated carbocycles. The summed E-state index contributed by atoms with van der Waals surface area (Å²) in [6.07, 6.45) is 4.29. The lowest BCUT2D eigenvalue weighted by Gasteiger charge is -2.30. The molecule has 0 aromatic carbocycles. The minimum atomic E-state index is -0.421. The van der Waals surface area contributed by atoms with Crippen LogP contribution in [0.4, 0.5) is 0 Å². The van der Waals surface area contributed by atoms with Crippen LogP contribution in [0.25, 0.3) is 0 Å². The van der Waals surface area contributed by atoms with Gasteiger partial charge >= 0.3 is 0 Å². The predicted octanol–water partition coefficient (Wildman–Crippen LogP) is 3.93. The van der Waals surface area contributed by atoms with Gasteiger partial charge in [-0.05, 0) is 38.1 Å². The Hall–Kier alpha value is -0.870. The SMILES string of the molecule is CCCCC(C)N1C(=O)C(C)(CC)NC1c1cccs1. The van der Waals surface area contributed by atoms with Gasteiger partial charge in [0, 0.05) is 10.9 Å². The first kappa shape index (κ1) is 15.5. The number of carbonyl (C=O) groups excluding carboxylic acids is 1. The summed E-state index contributed by atoms with van der Waals surface area (Å²) in [7, 11) is 0. The monoisotopic (exact) mass is 294 g/mol. The van der Waals surface area contributed by atoms with Gasteiger partial charge in [0.1, 0.15) is 6.17 Å². The van der Waals surface area contributed by atoms with Gasteiger partial charge in [-0.3, -0.25) is 10.1 Å². The number of carbonyl (C=O) groups is 1. The molecule has 0 radical (unpaired) electrons. The van der Waals surface area contributed by atoms with Crippen LogP contribution in [0.5, 0.6) is 0 Å². The highest BCUT2D eigenvalue weighted by Gasteiger charge is 2.48. The normalized spacial score (nSPS) is 28.1. The Morgan fingerprint density at radius 1 is 1.50 bits per heavy atom. The maximum atomic E-state index is 12.8. The Labute approximate surface area is 126 Å². The molecule has 3 nitrogen and oxygen atoms in total. The van der Waals surface area contributed by atoms with Gasteiger partial charge in [0.2, 0.25) is 5.91 Å². The third kappa shape index (κ3) is 2.77. The van der Waals surface area contributed by atoms with Crippen molar-refractivity contribution in [3.05, 3.63) is 22.4 Å². The molecular formula is C16H26N2OS. The van der Waals surface area contributed by atoms with Crippen LogP contribution >= 0.6 is 11.3 Å². The lowest BCUT2D eigenvalue weighted by atomic mass is 9.98. The molecule has 1 aromatic heterocycles. The Bertz CT molecular complexity index is 445. The number of thiophene rings is 1. The second kappa shape index (κ2) is 6.27. The van der Waals surface area contributed by atoms with E-state index in [0.717, 1.165) is 12.8 Å². The highest BCUT2D eigenvalue weighted by atomic mass is 32.1. The van der Waals surface area contributed by atoms with E-state index in [2.05, 4.69) is 48.5 Å². The number of amides is 1. The zero-order valence-electron chi connectivity index (χ0n) is 13.0. The third-order valence-electron chi connectivity index (χ3n) is 4.41. The van der Waals surface area contributed by atoms with Crippen molar-refractivity contribution in [2.75, 3.05) is 0 Å². The van der Waals surface area contributed by atoms with Crippen LogP contribution in [-0.4, -0.2) is 22.4 Å². The van der Waals surface area contributed by atoms with Gasteiger partial charge in [0.05, 0.1) is 5.54 Å². The smallest absolute Gasteiger partial charge is 0.244 e. The van der Waals surface area contributed by atoms with Gasteiger partial charge in [-0.1, -0.05) is 32.8 Å². The maximum Gasteiger partial charge on any atom is 0.244 e. The van der Waals surface area contributed by atoms with E-state index < -0.39 is 5.54 Å². The first-order chi connectivity index (χ1) is 9.53. The first-order valence-electron chi connectivity index (χ1n) is 7.67. The number of rotatable bonds is 6. The number of nitrogens with zero attached hydrogens (tertiary/aromatic N) is 1. The molecule has 1 saturated heterocycles. The van der Waals surface area contributed by atoms with Crippen molar-refractivity contribution in [1.82, 2.24) is 10.2 Å². The molecule has 0 aliphatic carbocycles. The molecule has 4 heteroatoms. The quantitative estimate of drug-likeness (QED) is 0.862. The molecule has 0 bridgehead atoms. The van der Waals surface area contributed by atoms with Crippen molar-refractivity contribution in [3.63, 3.8) is 0 Å². The average molecular weight is 294 g/mol. The summed E-state index contributed by atoms with van der Waals surface area (Å²) in [6.45, 7) is 8.49. The van der Waals surface area contributed by atoms with Crippen molar-refractivity contribution in [3.8, 4) is 0 Å². The molecule has 20 heavy (non-hydrogen) atoms. The zero-order valence-corrected chi connectivity index (χ0v) is 13.8. The number of hydrogen-bond acceptors (Lipinski definition) is 3. The van der Waals surface area contributed by atoms with E-state index in [1.807, 2.05) is 6.92 Å². The van der Waals surface area contributed by atoms with Gasteiger partial charge < -0.3 is 4.90 Å². The van der Waals surface area contributed by atoms with Crippen molar-refractivity contribution >= 4 is 17.2 Å². The molecule has 2 rings (SSSR count). The Kier molecular flexibility index (Phi) is 4.86. The molecule has 0 spiro atoms. The van der Waals surface area contributed by atoms with Crippen LogP contribution < -0.4 is 5.32 Å². The van der Waals surface area contributed by atoms with Crippen LogP contribution in [0, 0.1) is 0 Å². The van der Waals surface area contributed by atoms with Crippen LogP contribution in [0.15, 0.2) is 17.5 Å². The van der Waals surface area contributed by atoms with Crippen LogP contribution in [-0.2, 0) is 4.79 Å². The minimum Gasteiger partial charge on any atom is -0.318 e. The van der Waals surface area contributed by atoms with E-state index in [1.165, 1.54) is 17.7 Å². The van der Waals surface area contributed by atoms with E-state index in [9.17, 15) is 4.79 Å². The van der Waals surface area contributed by atoms with Crippen LogP contribution in [0.1, 0.15) is 64.4 Å². The highest BCUT2D eigenvalue weighted by Crippen LogP contribution is 2.36. The van der Waals surface area contributed by atoms with Crippen molar-refractivity contribution in [2.45, 2.75) is 71.1 Å². The summed E-state index contributed by atoms with van der Waals surface area (Å²) in [5, 5.41) is 5.64. The Morgan fingerprint density at radius 3 is 2.80 bits per heavy atom. The fourth-order valence-corrected chi connectivity index (χ4v) is 3.61. The summed E-state index contributed by atoms with van der Waals surface area (Å²) >= 11 is 1.72. The lowest BCUT2D eigenvalue weighted by molar-refractivity contribution is -0.135. The molecule has 1 fully saturated rings. The van der Waals surface area contributed by atoms with E-state index in [4.69, 9.17) is 0 Å². The van der Waals surface area contributed by atoms with E-state index in [1.54, 1.807) is 11.3 Å². The minimum absolute atomic E-state index is 0.0410. The van der Waals surface area contributed by atoms with Crippen molar-refractivity contribution in [1.29, 1.82) is 0 Å². The molecule has 112 valence electrons. The Balaban J connectivity index is 2.26. The Morgan fingerprint density at radius 2 is 2.25 bits per heavy atom. The molecule has 1 N–H and O–H groups in total. The molecule has 1 aromatic rings. The lowest BCUT2D eigenvalue weighted by Crippen LogP contribution is -2.44. The summed E-state index contributed by atoms with van der Waals surface area (Å²) in [5.41, 5.74) is -0.421. The van der Waals surface area contributed by atoms with Gasteiger partial charge in [-0.15, -0.1) is 11.3 Å². The summed E-state index contributed by atoms with van der Waals surface area (Å²) in [6, 6.07) is 4.47. The van der Waals surface area contributed by atoms with Crippen molar-refractivity contribution in [2.24, 2.45) is 0 Å². The first-order valence-corrected chi connectivity index (χ1v) is 8.55. The molecule has 1 aliphatic heterocycles. The number of nitrogens with one attached hydrogen (secondary N) is 1. The molecule has 1 amide bonds. The van der Waals surface area contributed by atoms with Gasteiger partial charge in [-0.2, -0.15) is 0 Å². The second-order valence-corrected chi connectivity index (χ2v) is 6.93. The molecule has 3 atom stereocenters. The molecular weight excluding hydrogens is 268 g/mol. The highest BCUT2D eigenvalue weighted by molar-refractivity contribution is 7.10. The average Bonchev–Trinajstić information content (AvgIpc) is 3.05. The van der Waals surface area contributed by atoms with Crippen LogP contribution in [0.2, 0.25) is 0 Å². The fourth-order valence-electron chi connectivity index (χ4n) is 2.84. The number of unbranched alkanes of at least 4 members (excludes halogenated alkanes) is 1. The van der Waals surface area contributed by atoms with Gasteiger partial charge in [0.25, 0.3) is 0 Å². The summed E-state index contributed by atoms with van der Waals surface area (Å²) in [5.74, 6) is 0.252. The van der Waals surface area contributed by atoms with Gasteiger partial charge in [-0.25, -0.2) is 0 Å². The summed E-state index contributed by atoms with van der Waals surface area (Å²) < 4.78 is 0. The van der Waals surface area contributed by atoms with E-state index in [0.29, 0.717) is 0 Å². The largest absolute Gasteiger partial charge is 0.318 e.